The number of hydrogen-bond donors (Lipinski definition) is 0. The third-order valence-corrected chi connectivity index (χ3v) is 4.93. The van der Waals surface area contributed by atoms with E-state index in [1.54, 1.807) is 12.2 Å². The fraction of sp³-hybridized carbons (Fsp3) is 0.176. The first-order chi connectivity index (χ1) is 9.81. The fourth-order valence-corrected chi connectivity index (χ4v) is 3.31. The normalized spacial score (nSPS) is 18.0. The van der Waals surface area contributed by atoms with Gasteiger partial charge in [0.15, 0.2) is 0 Å². The topological polar surface area (TPSA) is 9.23 Å². The van der Waals surface area contributed by atoms with Crippen molar-refractivity contribution in [1.29, 1.82) is 0 Å². The molecule has 1 heterocycles. The quantitative estimate of drug-likeness (QED) is 0.287. The smallest absolute Gasteiger partial charge is 0.127 e. The second kappa shape index (κ2) is 8.08. The molecule has 1 nitrogen and oxygen atoms in total. The van der Waals surface area contributed by atoms with E-state index < -0.39 is 0 Å². The van der Waals surface area contributed by atoms with Crippen molar-refractivity contribution >= 4 is 23.5 Å². The summed E-state index contributed by atoms with van der Waals surface area (Å²) in [6.45, 7) is 7.34. The standard InChI is InChI=1S/C17H18OS2/c1-3-5-7-14(6-4-2)18-15-8-10-16(11-9-15)19-12-17-13-20-17/h3-11,17H,1-2,12-13H2/b7-5-,14-6+. The Morgan fingerprint density at radius 2 is 2.05 bits per heavy atom. The Bertz CT molecular complexity index is 510. The monoisotopic (exact) mass is 302 g/mol. The number of ether oxygens (including phenoxy) is 1. The Kier molecular flexibility index (Phi) is 6.09. The van der Waals surface area contributed by atoms with Crippen LogP contribution in [0, 0.1) is 0 Å². The maximum atomic E-state index is 5.79. The van der Waals surface area contributed by atoms with Crippen LogP contribution in [0.25, 0.3) is 0 Å². The van der Waals surface area contributed by atoms with E-state index in [1.807, 2.05) is 53.9 Å². The Hall–Kier alpha value is -1.32. The lowest BCUT2D eigenvalue weighted by molar-refractivity contribution is 0.444. The van der Waals surface area contributed by atoms with Gasteiger partial charge in [0, 0.05) is 21.7 Å². The van der Waals surface area contributed by atoms with Gasteiger partial charge in [-0.2, -0.15) is 11.8 Å². The zero-order chi connectivity index (χ0) is 14.2. The lowest BCUT2D eigenvalue weighted by atomic mass is 10.3. The summed E-state index contributed by atoms with van der Waals surface area (Å²) in [5, 5.41) is 0.863. The van der Waals surface area contributed by atoms with Crippen molar-refractivity contribution in [2.24, 2.45) is 0 Å². The van der Waals surface area contributed by atoms with E-state index in [9.17, 15) is 0 Å². The summed E-state index contributed by atoms with van der Waals surface area (Å²) in [6, 6.07) is 8.22. The molecule has 0 amide bonds. The van der Waals surface area contributed by atoms with E-state index in [4.69, 9.17) is 4.74 Å². The van der Waals surface area contributed by atoms with E-state index in [1.165, 1.54) is 16.4 Å². The Morgan fingerprint density at radius 1 is 1.30 bits per heavy atom. The average molecular weight is 302 g/mol. The molecule has 1 aromatic carbocycles. The van der Waals surface area contributed by atoms with Gasteiger partial charge in [-0.15, -0.1) is 11.8 Å². The molecule has 2 rings (SSSR count). The van der Waals surface area contributed by atoms with E-state index >= 15 is 0 Å². The highest BCUT2D eigenvalue weighted by atomic mass is 32.2. The molecule has 104 valence electrons. The highest BCUT2D eigenvalue weighted by Gasteiger charge is 2.21. The van der Waals surface area contributed by atoms with Gasteiger partial charge >= 0.3 is 0 Å². The number of benzene rings is 1. The molecule has 0 aromatic heterocycles. The molecule has 0 spiro atoms. The summed E-state index contributed by atoms with van der Waals surface area (Å²) in [4.78, 5) is 1.29. The van der Waals surface area contributed by atoms with Gasteiger partial charge < -0.3 is 4.74 Å². The van der Waals surface area contributed by atoms with Gasteiger partial charge in [-0.3, -0.25) is 0 Å². The molecule has 1 saturated heterocycles. The number of thioether (sulfide) groups is 2. The molecule has 20 heavy (non-hydrogen) atoms. The van der Waals surface area contributed by atoms with Gasteiger partial charge in [0.2, 0.25) is 0 Å². The zero-order valence-corrected chi connectivity index (χ0v) is 13.0. The first-order valence-electron chi connectivity index (χ1n) is 6.46. The predicted octanol–water partition coefficient (Wildman–Crippen LogP) is 5.09. The second-order valence-electron chi connectivity index (χ2n) is 4.24. The minimum atomic E-state index is 0.745. The highest BCUT2D eigenvalue weighted by molar-refractivity contribution is 8.08. The molecule has 0 bridgehead atoms. The van der Waals surface area contributed by atoms with E-state index in [0.717, 1.165) is 16.8 Å². The molecule has 0 aliphatic carbocycles. The number of allylic oxidation sites excluding steroid dienone is 5. The molecule has 1 unspecified atom stereocenters. The van der Waals surface area contributed by atoms with Crippen molar-refractivity contribution in [3.63, 3.8) is 0 Å². The molecule has 1 atom stereocenters. The van der Waals surface area contributed by atoms with Crippen LogP contribution in [-0.2, 0) is 0 Å². The molecule has 3 heteroatoms. The highest BCUT2D eigenvalue weighted by Crippen LogP contribution is 2.35. The van der Waals surface area contributed by atoms with Crippen LogP contribution in [-0.4, -0.2) is 16.8 Å². The molecular formula is C17H18OS2. The largest absolute Gasteiger partial charge is 0.457 e. The van der Waals surface area contributed by atoms with E-state index in [2.05, 4.69) is 25.3 Å². The van der Waals surface area contributed by atoms with Gasteiger partial charge in [-0.25, -0.2) is 0 Å². The van der Waals surface area contributed by atoms with Crippen LogP contribution in [0.4, 0.5) is 0 Å². The SMILES string of the molecule is C=C/C=C\C(=C/C=C)Oc1ccc(SCC2CS2)cc1. The van der Waals surface area contributed by atoms with Crippen LogP contribution >= 0.6 is 23.5 Å². The molecule has 0 saturated carbocycles. The van der Waals surface area contributed by atoms with Crippen molar-refractivity contribution in [3.8, 4) is 5.75 Å². The average Bonchev–Trinajstić information content (AvgIpc) is 3.28. The van der Waals surface area contributed by atoms with Crippen LogP contribution < -0.4 is 4.74 Å². The van der Waals surface area contributed by atoms with Gasteiger partial charge in [-0.1, -0.05) is 31.4 Å². The van der Waals surface area contributed by atoms with Crippen molar-refractivity contribution in [2.45, 2.75) is 10.1 Å². The van der Waals surface area contributed by atoms with Crippen LogP contribution in [0.3, 0.4) is 0 Å². The van der Waals surface area contributed by atoms with Crippen LogP contribution in [0.1, 0.15) is 0 Å². The Morgan fingerprint density at radius 3 is 2.65 bits per heavy atom. The van der Waals surface area contributed by atoms with Crippen LogP contribution in [0.15, 0.2) is 78.5 Å². The molecular weight excluding hydrogens is 284 g/mol. The fourth-order valence-electron chi connectivity index (χ4n) is 1.50. The van der Waals surface area contributed by atoms with Crippen molar-refractivity contribution in [2.75, 3.05) is 11.5 Å². The third-order valence-electron chi connectivity index (χ3n) is 2.58. The van der Waals surface area contributed by atoms with Crippen LogP contribution in [0.2, 0.25) is 0 Å². The molecule has 1 aliphatic heterocycles. The third kappa shape index (κ3) is 5.35. The Balaban J connectivity index is 1.93. The summed E-state index contributed by atoms with van der Waals surface area (Å²) >= 11 is 3.94. The van der Waals surface area contributed by atoms with Gasteiger partial charge in [-0.05, 0) is 36.4 Å². The first-order valence-corrected chi connectivity index (χ1v) is 8.49. The maximum Gasteiger partial charge on any atom is 0.127 e. The molecule has 0 radical (unpaired) electrons. The zero-order valence-electron chi connectivity index (χ0n) is 11.3. The molecule has 1 aliphatic rings. The first kappa shape index (κ1) is 15.1. The van der Waals surface area contributed by atoms with Crippen molar-refractivity contribution in [3.05, 3.63) is 73.6 Å². The number of rotatable bonds is 8. The summed E-state index contributed by atoms with van der Waals surface area (Å²) in [5.41, 5.74) is 0. The Labute approximate surface area is 129 Å². The minimum absolute atomic E-state index is 0.745. The molecule has 1 aromatic rings. The summed E-state index contributed by atoms with van der Waals surface area (Å²) in [7, 11) is 0. The van der Waals surface area contributed by atoms with E-state index in [0.29, 0.717) is 0 Å². The molecule has 1 fully saturated rings. The minimum Gasteiger partial charge on any atom is -0.457 e. The van der Waals surface area contributed by atoms with Crippen molar-refractivity contribution in [1.82, 2.24) is 0 Å². The number of hydrogen-bond acceptors (Lipinski definition) is 3. The summed E-state index contributed by atoms with van der Waals surface area (Å²) < 4.78 is 5.79. The summed E-state index contributed by atoms with van der Waals surface area (Å²) in [6.07, 6.45) is 8.96. The summed E-state index contributed by atoms with van der Waals surface area (Å²) in [5.74, 6) is 4.10. The molecule has 0 N–H and O–H groups in total. The lowest BCUT2D eigenvalue weighted by Crippen LogP contribution is -1.92. The predicted molar refractivity (Wildman–Crippen MR) is 91.7 cm³/mol. The van der Waals surface area contributed by atoms with Crippen molar-refractivity contribution < 1.29 is 4.74 Å². The van der Waals surface area contributed by atoms with Gasteiger partial charge in [0.1, 0.15) is 11.5 Å². The van der Waals surface area contributed by atoms with Crippen LogP contribution in [0.5, 0.6) is 5.75 Å². The van der Waals surface area contributed by atoms with E-state index in [-0.39, 0.29) is 0 Å². The maximum absolute atomic E-state index is 5.79. The lowest BCUT2D eigenvalue weighted by Gasteiger charge is -2.07. The van der Waals surface area contributed by atoms with Gasteiger partial charge in [0.05, 0.1) is 0 Å². The van der Waals surface area contributed by atoms with Gasteiger partial charge in [0.25, 0.3) is 0 Å². The second-order valence-corrected chi connectivity index (χ2v) is 6.67.